The molecule has 1 fully saturated rings. The van der Waals surface area contributed by atoms with Crippen LogP contribution in [0.1, 0.15) is 18.4 Å². The van der Waals surface area contributed by atoms with Gasteiger partial charge in [0.25, 0.3) is 0 Å². The molecule has 0 saturated carbocycles. The number of aromatic nitrogens is 1. The molecule has 24 heavy (non-hydrogen) atoms. The molecule has 2 N–H and O–H groups in total. The normalized spacial score (nSPS) is 21.4. The van der Waals surface area contributed by atoms with Crippen LogP contribution >= 0.6 is 0 Å². The molecule has 2 heterocycles. The number of nitrogens with one attached hydrogen (secondary N) is 2. The van der Waals surface area contributed by atoms with E-state index in [0.717, 1.165) is 24.8 Å². The Morgan fingerprint density at radius 1 is 1.38 bits per heavy atom. The van der Waals surface area contributed by atoms with E-state index in [2.05, 4.69) is 15.0 Å². The molecule has 0 radical (unpaired) electrons. The van der Waals surface area contributed by atoms with Gasteiger partial charge in [0, 0.05) is 25.2 Å². The lowest BCUT2D eigenvalue weighted by molar-refractivity contribution is 0.122. The van der Waals surface area contributed by atoms with E-state index in [-0.39, 0.29) is 10.4 Å². The third-order valence-corrected chi connectivity index (χ3v) is 6.12. The quantitative estimate of drug-likeness (QED) is 0.828. The summed E-state index contributed by atoms with van der Waals surface area (Å²) < 4.78 is 34.0. The van der Waals surface area contributed by atoms with Gasteiger partial charge in [-0.1, -0.05) is 18.2 Å². The molecule has 0 aliphatic carbocycles. The Bertz CT molecular complexity index is 830. The summed E-state index contributed by atoms with van der Waals surface area (Å²) >= 11 is 0. The van der Waals surface area contributed by atoms with Crippen LogP contribution < -0.4 is 10.0 Å². The first-order valence-electron chi connectivity index (χ1n) is 8.05. The van der Waals surface area contributed by atoms with Gasteiger partial charge in [-0.05, 0) is 37.9 Å². The number of fused-ring (bicyclic) bond motifs is 1. The van der Waals surface area contributed by atoms with Crippen molar-refractivity contribution in [1.29, 1.82) is 0 Å². The summed E-state index contributed by atoms with van der Waals surface area (Å²) in [6, 6.07) is 7.38. The molecule has 1 saturated heterocycles. The van der Waals surface area contributed by atoms with Gasteiger partial charge in [-0.2, -0.15) is 0 Å². The Morgan fingerprint density at radius 3 is 2.92 bits per heavy atom. The first-order valence-corrected chi connectivity index (χ1v) is 9.54. The summed E-state index contributed by atoms with van der Waals surface area (Å²) in [6.07, 6.45) is 3.52. The molecule has 3 rings (SSSR count). The molecule has 0 spiro atoms. The maximum atomic E-state index is 13.0. The lowest BCUT2D eigenvalue weighted by atomic mass is 9.99. The second-order valence-electron chi connectivity index (χ2n) is 6.35. The molecule has 1 aliphatic heterocycles. The van der Waals surface area contributed by atoms with Gasteiger partial charge in [-0.15, -0.1) is 0 Å². The molecular weight excluding hydrogens is 326 g/mol. The molecule has 6 nitrogen and oxygen atoms in total. The van der Waals surface area contributed by atoms with E-state index in [4.69, 9.17) is 4.74 Å². The second-order valence-corrected chi connectivity index (χ2v) is 8.06. The number of hydrogen-bond acceptors (Lipinski definition) is 5. The average Bonchev–Trinajstić information content (AvgIpc) is 3.02. The lowest BCUT2D eigenvalue weighted by Gasteiger charge is -2.29. The lowest BCUT2D eigenvalue weighted by Crippen LogP contribution is -2.52. The molecule has 1 atom stereocenters. The van der Waals surface area contributed by atoms with E-state index in [1.807, 2.05) is 18.2 Å². The first-order chi connectivity index (χ1) is 11.5. The average molecular weight is 349 g/mol. The summed E-state index contributed by atoms with van der Waals surface area (Å²) in [6.45, 7) is 3.44. The fourth-order valence-corrected chi connectivity index (χ4v) is 4.86. The molecule has 1 aliphatic rings. The van der Waals surface area contributed by atoms with Crippen LogP contribution in [0.5, 0.6) is 0 Å². The standard InChI is InChI=1S/C17H23N3O3S/c1-13-6-7-14-5-3-9-18-15(14)16(13)24(21,22)20-11-17(12-23-2)8-4-10-19-17/h3,5-7,9,19-20H,4,8,10-12H2,1-2H3. The summed E-state index contributed by atoms with van der Waals surface area (Å²) in [4.78, 5) is 4.54. The van der Waals surface area contributed by atoms with Crippen LogP contribution in [0, 0.1) is 6.92 Å². The van der Waals surface area contributed by atoms with Gasteiger partial charge in [0.1, 0.15) is 4.90 Å². The number of sulfonamides is 1. The highest BCUT2D eigenvalue weighted by atomic mass is 32.2. The van der Waals surface area contributed by atoms with Gasteiger partial charge in [0.15, 0.2) is 0 Å². The highest BCUT2D eigenvalue weighted by molar-refractivity contribution is 7.89. The number of ether oxygens (including phenoxy) is 1. The Balaban J connectivity index is 1.92. The van der Waals surface area contributed by atoms with Crippen molar-refractivity contribution in [1.82, 2.24) is 15.0 Å². The molecule has 0 bridgehead atoms. The van der Waals surface area contributed by atoms with Gasteiger partial charge >= 0.3 is 0 Å². The van der Waals surface area contributed by atoms with E-state index in [9.17, 15) is 8.42 Å². The topological polar surface area (TPSA) is 80.3 Å². The maximum absolute atomic E-state index is 13.0. The predicted molar refractivity (Wildman–Crippen MR) is 93.5 cm³/mol. The molecule has 1 unspecified atom stereocenters. The van der Waals surface area contributed by atoms with Crippen LogP contribution in [0.15, 0.2) is 35.4 Å². The van der Waals surface area contributed by atoms with Crippen molar-refractivity contribution in [2.75, 3.05) is 26.8 Å². The number of pyridine rings is 1. The van der Waals surface area contributed by atoms with E-state index in [0.29, 0.717) is 24.2 Å². The van der Waals surface area contributed by atoms with Gasteiger partial charge in [-0.3, -0.25) is 4.98 Å². The fourth-order valence-electron chi connectivity index (χ4n) is 3.33. The Labute approximate surface area is 142 Å². The monoisotopic (exact) mass is 349 g/mol. The second kappa shape index (κ2) is 6.76. The van der Waals surface area contributed by atoms with Crippen molar-refractivity contribution >= 4 is 20.9 Å². The summed E-state index contributed by atoms with van der Waals surface area (Å²) in [7, 11) is -2.04. The van der Waals surface area contributed by atoms with E-state index in [1.165, 1.54) is 0 Å². The third kappa shape index (κ3) is 3.30. The molecule has 130 valence electrons. The summed E-state index contributed by atoms with van der Waals surface area (Å²) in [5.74, 6) is 0. The molecule has 7 heteroatoms. The highest BCUT2D eigenvalue weighted by Crippen LogP contribution is 2.25. The van der Waals surface area contributed by atoms with E-state index < -0.39 is 10.0 Å². The molecule has 1 aromatic carbocycles. The van der Waals surface area contributed by atoms with Crippen molar-refractivity contribution in [3.8, 4) is 0 Å². The van der Waals surface area contributed by atoms with Crippen molar-refractivity contribution in [2.45, 2.75) is 30.2 Å². The number of rotatable bonds is 6. The fraction of sp³-hybridized carbons (Fsp3) is 0.471. The summed E-state index contributed by atoms with van der Waals surface area (Å²) in [5.41, 5.74) is 0.854. The molecular formula is C17H23N3O3S. The van der Waals surface area contributed by atoms with Crippen molar-refractivity contribution in [2.24, 2.45) is 0 Å². The first kappa shape index (κ1) is 17.3. The van der Waals surface area contributed by atoms with Crippen LogP contribution in [0.4, 0.5) is 0 Å². The molecule has 0 amide bonds. The Hall–Kier alpha value is -1.54. The van der Waals surface area contributed by atoms with Crippen LogP contribution in [0.25, 0.3) is 10.9 Å². The van der Waals surface area contributed by atoms with Crippen LogP contribution in [0.2, 0.25) is 0 Å². The van der Waals surface area contributed by atoms with Crippen molar-refractivity contribution < 1.29 is 13.2 Å². The number of hydrogen-bond donors (Lipinski definition) is 2. The number of benzene rings is 1. The summed E-state index contributed by atoms with van der Waals surface area (Å²) in [5, 5.41) is 4.19. The van der Waals surface area contributed by atoms with E-state index in [1.54, 1.807) is 26.3 Å². The number of aryl methyl sites for hydroxylation is 1. The largest absolute Gasteiger partial charge is 0.383 e. The Morgan fingerprint density at radius 2 is 2.21 bits per heavy atom. The van der Waals surface area contributed by atoms with E-state index >= 15 is 0 Å². The zero-order valence-corrected chi connectivity index (χ0v) is 14.8. The van der Waals surface area contributed by atoms with Gasteiger partial charge in [0.2, 0.25) is 10.0 Å². The predicted octanol–water partition coefficient (Wildman–Crippen LogP) is 1.59. The van der Waals surface area contributed by atoms with Crippen molar-refractivity contribution in [3.63, 3.8) is 0 Å². The number of methoxy groups -OCH3 is 1. The van der Waals surface area contributed by atoms with Gasteiger partial charge < -0.3 is 10.1 Å². The van der Waals surface area contributed by atoms with Crippen LogP contribution in [0.3, 0.4) is 0 Å². The zero-order chi connectivity index (χ0) is 17.2. The minimum absolute atomic E-state index is 0.256. The van der Waals surface area contributed by atoms with Gasteiger partial charge in [-0.25, -0.2) is 13.1 Å². The minimum atomic E-state index is -3.67. The minimum Gasteiger partial charge on any atom is -0.383 e. The SMILES string of the molecule is COCC1(CNS(=O)(=O)c2c(C)ccc3cccnc23)CCCN1. The van der Waals surface area contributed by atoms with Crippen LogP contribution in [-0.2, 0) is 14.8 Å². The Kier molecular flexibility index (Phi) is 4.87. The number of nitrogens with zero attached hydrogens (tertiary/aromatic N) is 1. The zero-order valence-electron chi connectivity index (χ0n) is 14.0. The van der Waals surface area contributed by atoms with Crippen LogP contribution in [-0.4, -0.2) is 45.7 Å². The third-order valence-electron chi connectivity index (χ3n) is 4.55. The van der Waals surface area contributed by atoms with Gasteiger partial charge in [0.05, 0.1) is 17.7 Å². The molecule has 2 aromatic rings. The molecule has 1 aromatic heterocycles. The van der Waals surface area contributed by atoms with Crippen molar-refractivity contribution in [3.05, 3.63) is 36.0 Å². The smallest absolute Gasteiger partial charge is 0.243 e. The highest BCUT2D eigenvalue weighted by Gasteiger charge is 2.35. The maximum Gasteiger partial charge on any atom is 0.243 e.